The number of hydrogen-bond acceptors (Lipinski definition) is 2. The topological polar surface area (TPSA) is 21.3 Å². The number of hydrogen-bond donors (Lipinski definition) is 1. The summed E-state index contributed by atoms with van der Waals surface area (Å²) in [7, 11) is 0. The molecule has 1 aliphatic heterocycles. The Morgan fingerprint density at radius 2 is 1.95 bits per heavy atom. The lowest BCUT2D eigenvalue weighted by molar-refractivity contribution is -0.123. The minimum atomic E-state index is -0.154. The van der Waals surface area contributed by atoms with Gasteiger partial charge in [0.1, 0.15) is 5.72 Å². The SMILES string of the molecule is C[C@H]1CC2=C(C[C@@]1(C)[C@@]1(C)NCCO1)C(C)(C)CCC2. The summed E-state index contributed by atoms with van der Waals surface area (Å²) in [6.07, 6.45) is 6.54. The van der Waals surface area contributed by atoms with E-state index < -0.39 is 0 Å². The molecule has 114 valence electrons. The molecule has 20 heavy (non-hydrogen) atoms. The second-order valence-corrected chi connectivity index (χ2v) is 8.33. The molecule has 0 saturated carbocycles. The minimum Gasteiger partial charge on any atom is -0.359 e. The van der Waals surface area contributed by atoms with E-state index in [1.54, 1.807) is 11.1 Å². The van der Waals surface area contributed by atoms with Crippen molar-refractivity contribution in [3.63, 3.8) is 0 Å². The molecular weight excluding hydrogens is 246 g/mol. The maximum Gasteiger partial charge on any atom is 0.122 e. The van der Waals surface area contributed by atoms with Gasteiger partial charge in [-0.1, -0.05) is 38.8 Å². The summed E-state index contributed by atoms with van der Waals surface area (Å²) < 4.78 is 6.17. The zero-order valence-corrected chi connectivity index (χ0v) is 13.9. The molecule has 0 aromatic carbocycles. The summed E-state index contributed by atoms with van der Waals surface area (Å²) in [6.45, 7) is 13.9. The molecule has 3 aliphatic rings. The third-order valence-electron chi connectivity index (χ3n) is 6.75. The van der Waals surface area contributed by atoms with Crippen LogP contribution in [0.3, 0.4) is 0 Å². The fraction of sp³-hybridized carbons (Fsp3) is 0.889. The first-order valence-electron chi connectivity index (χ1n) is 8.39. The molecule has 0 unspecified atom stereocenters. The summed E-state index contributed by atoms with van der Waals surface area (Å²) in [4.78, 5) is 0. The van der Waals surface area contributed by atoms with Crippen LogP contribution in [0.2, 0.25) is 0 Å². The summed E-state index contributed by atoms with van der Waals surface area (Å²) in [5.41, 5.74) is 3.97. The monoisotopic (exact) mass is 277 g/mol. The van der Waals surface area contributed by atoms with E-state index in [1.165, 1.54) is 32.1 Å². The van der Waals surface area contributed by atoms with Crippen LogP contribution in [0.5, 0.6) is 0 Å². The molecule has 0 aromatic rings. The fourth-order valence-electron chi connectivity index (χ4n) is 4.85. The van der Waals surface area contributed by atoms with Crippen molar-refractivity contribution in [2.45, 2.75) is 72.4 Å². The van der Waals surface area contributed by atoms with Crippen LogP contribution in [-0.4, -0.2) is 18.9 Å². The molecule has 0 radical (unpaired) electrons. The Hall–Kier alpha value is -0.340. The molecule has 3 rings (SSSR count). The van der Waals surface area contributed by atoms with Crippen molar-refractivity contribution in [3.05, 3.63) is 11.1 Å². The van der Waals surface area contributed by atoms with Gasteiger partial charge in [0.2, 0.25) is 0 Å². The maximum atomic E-state index is 6.17. The summed E-state index contributed by atoms with van der Waals surface area (Å²) in [5.74, 6) is 0.686. The lowest BCUT2D eigenvalue weighted by atomic mass is 9.55. The van der Waals surface area contributed by atoms with Crippen LogP contribution in [0.1, 0.15) is 66.7 Å². The van der Waals surface area contributed by atoms with E-state index in [1.807, 2.05) is 0 Å². The average molecular weight is 277 g/mol. The van der Waals surface area contributed by atoms with Crippen molar-refractivity contribution in [2.24, 2.45) is 16.7 Å². The molecule has 1 saturated heterocycles. The van der Waals surface area contributed by atoms with Crippen molar-refractivity contribution in [1.82, 2.24) is 5.32 Å². The summed E-state index contributed by atoms with van der Waals surface area (Å²) >= 11 is 0. The van der Waals surface area contributed by atoms with Gasteiger partial charge in [-0.15, -0.1) is 0 Å². The zero-order valence-electron chi connectivity index (χ0n) is 13.9. The molecule has 2 heteroatoms. The first-order chi connectivity index (χ1) is 9.29. The largest absolute Gasteiger partial charge is 0.359 e. The van der Waals surface area contributed by atoms with Gasteiger partial charge in [-0.2, -0.15) is 0 Å². The molecular formula is C18H31NO. The smallest absolute Gasteiger partial charge is 0.122 e. The molecule has 0 bridgehead atoms. The molecule has 1 N–H and O–H groups in total. The summed E-state index contributed by atoms with van der Waals surface area (Å²) in [5, 5.41) is 3.65. The first-order valence-corrected chi connectivity index (χ1v) is 8.39. The van der Waals surface area contributed by atoms with Crippen molar-refractivity contribution in [3.8, 4) is 0 Å². The Labute approximate surface area is 124 Å². The van der Waals surface area contributed by atoms with E-state index in [9.17, 15) is 0 Å². The number of rotatable bonds is 1. The van der Waals surface area contributed by atoms with Gasteiger partial charge in [0.25, 0.3) is 0 Å². The van der Waals surface area contributed by atoms with Crippen LogP contribution in [0.25, 0.3) is 0 Å². The highest BCUT2D eigenvalue weighted by Crippen LogP contribution is 2.57. The van der Waals surface area contributed by atoms with Crippen molar-refractivity contribution < 1.29 is 4.74 Å². The minimum absolute atomic E-state index is 0.154. The molecule has 2 nitrogen and oxygen atoms in total. The van der Waals surface area contributed by atoms with E-state index in [0.29, 0.717) is 11.3 Å². The highest BCUT2D eigenvalue weighted by atomic mass is 16.5. The Morgan fingerprint density at radius 3 is 2.60 bits per heavy atom. The standard InChI is InChI=1S/C18H31NO/c1-13-11-14-7-6-8-16(2,3)15(14)12-17(13,4)18(5)19-9-10-20-18/h13,19H,6-12H2,1-5H3/t13-,17+,18-/m0/s1. The van der Waals surface area contributed by atoms with Gasteiger partial charge in [-0.05, 0) is 50.4 Å². The maximum absolute atomic E-state index is 6.17. The molecule has 0 amide bonds. The van der Waals surface area contributed by atoms with Crippen molar-refractivity contribution in [2.75, 3.05) is 13.2 Å². The second-order valence-electron chi connectivity index (χ2n) is 8.33. The molecule has 3 atom stereocenters. The van der Waals surface area contributed by atoms with Crippen molar-refractivity contribution in [1.29, 1.82) is 0 Å². The van der Waals surface area contributed by atoms with E-state index >= 15 is 0 Å². The Bertz CT molecular complexity index is 431. The predicted molar refractivity (Wildman–Crippen MR) is 83.5 cm³/mol. The third kappa shape index (κ3) is 1.99. The normalized spacial score (nSPS) is 44.5. The number of ether oxygens (including phenoxy) is 1. The van der Waals surface area contributed by atoms with Crippen LogP contribution >= 0.6 is 0 Å². The number of allylic oxidation sites excluding steroid dienone is 2. The molecule has 1 fully saturated rings. The molecule has 0 spiro atoms. The second kappa shape index (κ2) is 4.58. The molecule has 1 heterocycles. The zero-order chi connectivity index (χ0) is 14.6. The van der Waals surface area contributed by atoms with Crippen LogP contribution in [0.15, 0.2) is 11.1 Å². The van der Waals surface area contributed by atoms with Crippen molar-refractivity contribution >= 4 is 0 Å². The van der Waals surface area contributed by atoms with Crippen LogP contribution in [0.4, 0.5) is 0 Å². The van der Waals surface area contributed by atoms with Gasteiger partial charge in [0.05, 0.1) is 6.61 Å². The quantitative estimate of drug-likeness (QED) is 0.723. The Kier molecular flexibility index (Phi) is 3.34. The van der Waals surface area contributed by atoms with Crippen LogP contribution in [-0.2, 0) is 4.74 Å². The Morgan fingerprint density at radius 1 is 1.20 bits per heavy atom. The molecule has 0 aromatic heterocycles. The summed E-state index contributed by atoms with van der Waals surface area (Å²) in [6, 6.07) is 0. The Balaban J connectivity index is 1.98. The lowest BCUT2D eigenvalue weighted by Gasteiger charge is -2.54. The fourth-order valence-corrected chi connectivity index (χ4v) is 4.85. The highest BCUT2D eigenvalue weighted by Gasteiger charge is 2.54. The van der Waals surface area contributed by atoms with Gasteiger partial charge in [-0.25, -0.2) is 0 Å². The average Bonchev–Trinajstić information content (AvgIpc) is 2.80. The molecule has 2 aliphatic carbocycles. The van der Waals surface area contributed by atoms with Gasteiger partial charge >= 0.3 is 0 Å². The highest BCUT2D eigenvalue weighted by molar-refractivity contribution is 5.30. The first kappa shape index (κ1) is 14.6. The number of nitrogens with one attached hydrogen (secondary N) is 1. The lowest BCUT2D eigenvalue weighted by Crippen LogP contribution is -2.57. The van der Waals surface area contributed by atoms with Gasteiger partial charge in [0.15, 0.2) is 0 Å². The van der Waals surface area contributed by atoms with Gasteiger partial charge < -0.3 is 4.74 Å². The van der Waals surface area contributed by atoms with Crippen LogP contribution in [0, 0.1) is 16.7 Å². The van der Waals surface area contributed by atoms with E-state index in [4.69, 9.17) is 4.74 Å². The predicted octanol–water partition coefficient (Wildman–Crippen LogP) is 4.27. The van der Waals surface area contributed by atoms with Gasteiger partial charge in [-0.3, -0.25) is 5.32 Å². The van der Waals surface area contributed by atoms with Crippen LogP contribution < -0.4 is 5.32 Å². The van der Waals surface area contributed by atoms with E-state index in [0.717, 1.165) is 13.2 Å². The third-order valence-corrected chi connectivity index (χ3v) is 6.75. The van der Waals surface area contributed by atoms with Gasteiger partial charge in [0, 0.05) is 12.0 Å². The van der Waals surface area contributed by atoms with E-state index in [-0.39, 0.29) is 11.1 Å². The van der Waals surface area contributed by atoms with E-state index in [2.05, 4.69) is 39.9 Å².